The minimum atomic E-state index is -0.357. The number of carbonyl (C=O) groups excluding carboxylic acids is 1. The molecule has 20 heavy (non-hydrogen) atoms. The highest BCUT2D eigenvalue weighted by Crippen LogP contribution is 2.22. The number of β-amino-alcohol motifs (C(OH)–C–C–N with tert-alkyl or cyclic N) is 1. The van der Waals surface area contributed by atoms with Crippen molar-refractivity contribution in [1.29, 1.82) is 0 Å². The Balaban J connectivity index is 1.59. The molecule has 0 aromatic heterocycles. The summed E-state index contributed by atoms with van der Waals surface area (Å²) >= 11 is 0. The Kier molecular flexibility index (Phi) is 4.03. The number of aliphatic hydroxyl groups is 1. The van der Waals surface area contributed by atoms with Crippen LogP contribution >= 0.6 is 0 Å². The van der Waals surface area contributed by atoms with Gasteiger partial charge in [0.25, 0.3) is 5.91 Å². The monoisotopic (exact) mass is 274 g/mol. The van der Waals surface area contributed by atoms with Crippen LogP contribution in [0.5, 0.6) is 0 Å². The van der Waals surface area contributed by atoms with Crippen LogP contribution in [0.4, 0.5) is 0 Å². The summed E-state index contributed by atoms with van der Waals surface area (Å²) < 4.78 is 0. The fourth-order valence-electron chi connectivity index (χ4n) is 3.17. The largest absolute Gasteiger partial charge is 0.391 e. The van der Waals surface area contributed by atoms with Gasteiger partial charge in [-0.3, -0.25) is 4.79 Å². The van der Waals surface area contributed by atoms with Crippen molar-refractivity contribution >= 4 is 5.91 Å². The lowest BCUT2D eigenvalue weighted by Gasteiger charge is -2.28. The SMILES string of the molecule is O=C(NC[C@@H]1CCNC[C@H]1O)c1ccc2c(c1)CCC2. The smallest absolute Gasteiger partial charge is 0.251 e. The first kappa shape index (κ1) is 13.6. The zero-order chi connectivity index (χ0) is 13.9. The average Bonchev–Trinajstić information content (AvgIpc) is 2.93. The van der Waals surface area contributed by atoms with Crippen LogP contribution < -0.4 is 10.6 Å². The molecule has 1 amide bonds. The third-order valence-corrected chi connectivity index (χ3v) is 4.48. The molecule has 3 rings (SSSR count). The van der Waals surface area contributed by atoms with Crippen molar-refractivity contribution in [1.82, 2.24) is 10.6 Å². The van der Waals surface area contributed by atoms with Crippen LogP contribution in [0.2, 0.25) is 0 Å². The number of carbonyl (C=O) groups is 1. The molecule has 1 aliphatic heterocycles. The molecule has 0 saturated carbocycles. The Hall–Kier alpha value is -1.39. The third kappa shape index (κ3) is 2.86. The van der Waals surface area contributed by atoms with Gasteiger partial charge in [0, 0.05) is 24.6 Å². The van der Waals surface area contributed by atoms with E-state index in [0.717, 1.165) is 31.4 Å². The second kappa shape index (κ2) is 5.94. The Morgan fingerprint density at radius 3 is 3.05 bits per heavy atom. The second-order valence-corrected chi connectivity index (χ2v) is 5.87. The van der Waals surface area contributed by atoms with Crippen LogP contribution in [0.15, 0.2) is 18.2 Å². The van der Waals surface area contributed by atoms with E-state index in [0.29, 0.717) is 13.1 Å². The molecule has 0 unspecified atom stereocenters. The molecule has 1 aliphatic carbocycles. The molecular weight excluding hydrogens is 252 g/mol. The second-order valence-electron chi connectivity index (χ2n) is 5.87. The maximum absolute atomic E-state index is 12.2. The van der Waals surface area contributed by atoms with E-state index >= 15 is 0 Å². The van der Waals surface area contributed by atoms with Gasteiger partial charge in [0.15, 0.2) is 0 Å². The molecular formula is C16H22N2O2. The van der Waals surface area contributed by atoms with E-state index in [2.05, 4.69) is 16.7 Å². The minimum absolute atomic E-state index is 0.0227. The quantitative estimate of drug-likeness (QED) is 0.766. The highest BCUT2D eigenvalue weighted by Gasteiger charge is 2.23. The van der Waals surface area contributed by atoms with Crippen LogP contribution in [0, 0.1) is 5.92 Å². The Morgan fingerprint density at radius 2 is 2.20 bits per heavy atom. The molecule has 3 N–H and O–H groups in total. The number of aliphatic hydroxyl groups excluding tert-OH is 1. The molecule has 4 nitrogen and oxygen atoms in total. The molecule has 4 heteroatoms. The van der Waals surface area contributed by atoms with E-state index in [1.165, 1.54) is 17.5 Å². The van der Waals surface area contributed by atoms with Gasteiger partial charge >= 0.3 is 0 Å². The van der Waals surface area contributed by atoms with E-state index in [-0.39, 0.29) is 17.9 Å². The van der Waals surface area contributed by atoms with Gasteiger partial charge in [0.1, 0.15) is 0 Å². The summed E-state index contributed by atoms with van der Waals surface area (Å²) in [7, 11) is 0. The van der Waals surface area contributed by atoms with Crippen molar-refractivity contribution in [2.24, 2.45) is 5.92 Å². The Morgan fingerprint density at radius 1 is 1.35 bits per heavy atom. The normalized spacial score (nSPS) is 25.2. The third-order valence-electron chi connectivity index (χ3n) is 4.48. The van der Waals surface area contributed by atoms with Gasteiger partial charge in [-0.15, -0.1) is 0 Å². The molecule has 108 valence electrons. The van der Waals surface area contributed by atoms with Crippen LogP contribution in [0.25, 0.3) is 0 Å². The topological polar surface area (TPSA) is 61.4 Å². The number of rotatable bonds is 3. The van der Waals surface area contributed by atoms with Gasteiger partial charge < -0.3 is 15.7 Å². The van der Waals surface area contributed by atoms with Gasteiger partial charge in [-0.05, 0) is 55.5 Å². The van der Waals surface area contributed by atoms with E-state index in [1.54, 1.807) is 0 Å². The van der Waals surface area contributed by atoms with Crippen LogP contribution in [0.3, 0.4) is 0 Å². The highest BCUT2D eigenvalue weighted by atomic mass is 16.3. The molecule has 1 fully saturated rings. The fourth-order valence-corrected chi connectivity index (χ4v) is 3.17. The predicted octanol–water partition coefficient (Wildman–Crippen LogP) is 0.876. The lowest BCUT2D eigenvalue weighted by Crippen LogP contribution is -2.45. The van der Waals surface area contributed by atoms with E-state index < -0.39 is 0 Å². The lowest BCUT2D eigenvalue weighted by molar-refractivity contribution is 0.0753. The first-order valence-corrected chi connectivity index (χ1v) is 7.53. The summed E-state index contributed by atoms with van der Waals surface area (Å²) in [5, 5.41) is 16.0. The number of benzene rings is 1. The zero-order valence-corrected chi connectivity index (χ0v) is 11.7. The van der Waals surface area contributed by atoms with Crippen molar-refractivity contribution in [3.63, 3.8) is 0 Å². The number of amides is 1. The van der Waals surface area contributed by atoms with Crippen molar-refractivity contribution < 1.29 is 9.90 Å². The number of hydrogen-bond donors (Lipinski definition) is 3. The van der Waals surface area contributed by atoms with Crippen molar-refractivity contribution in [3.05, 3.63) is 34.9 Å². The number of aryl methyl sites for hydroxylation is 2. The minimum Gasteiger partial charge on any atom is -0.391 e. The number of fused-ring (bicyclic) bond motifs is 1. The van der Waals surface area contributed by atoms with Crippen LogP contribution in [-0.2, 0) is 12.8 Å². The van der Waals surface area contributed by atoms with E-state index in [1.807, 2.05) is 12.1 Å². The molecule has 1 saturated heterocycles. The van der Waals surface area contributed by atoms with Crippen LogP contribution in [-0.4, -0.2) is 36.8 Å². The van der Waals surface area contributed by atoms with Crippen LogP contribution in [0.1, 0.15) is 34.3 Å². The van der Waals surface area contributed by atoms with Gasteiger partial charge in [-0.2, -0.15) is 0 Å². The highest BCUT2D eigenvalue weighted by molar-refractivity contribution is 5.94. The molecule has 2 aliphatic rings. The van der Waals surface area contributed by atoms with E-state index in [9.17, 15) is 9.90 Å². The summed E-state index contributed by atoms with van der Waals surface area (Å²) in [6, 6.07) is 6.02. The molecule has 1 aromatic rings. The van der Waals surface area contributed by atoms with Gasteiger partial charge in [0.2, 0.25) is 0 Å². The van der Waals surface area contributed by atoms with Crippen molar-refractivity contribution in [3.8, 4) is 0 Å². The van der Waals surface area contributed by atoms with Crippen molar-refractivity contribution in [2.45, 2.75) is 31.8 Å². The molecule has 2 atom stereocenters. The molecule has 0 radical (unpaired) electrons. The van der Waals surface area contributed by atoms with Gasteiger partial charge in [0.05, 0.1) is 6.10 Å². The number of nitrogens with one attached hydrogen (secondary N) is 2. The predicted molar refractivity (Wildman–Crippen MR) is 77.8 cm³/mol. The molecule has 0 spiro atoms. The maximum atomic E-state index is 12.2. The standard InChI is InChI=1S/C16H22N2O2/c19-15-10-17-7-6-14(15)9-18-16(20)13-5-4-11-2-1-3-12(11)8-13/h4-5,8,14-15,17,19H,1-3,6-7,9-10H2,(H,18,20)/t14-,15+/m0/s1. The lowest BCUT2D eigenvalue weighted by atomic mass is 9.95. The Labute approximate surface area is 119 Å². The Bertz CT molecular complexity index is 501. The first-order chi connectivity index (χ1) is 9.74. The molecule has 1 heterocycles. The zero-order valence-electron chi connectivity index (χ0n) is 11.7. The summed E-state index contributed by atoms with van der Waals surface area (Å²) in [5.41, 5.74) is 3.45. The average molecular weight is 274 g/mol. The summed E-state index contributed by atoms with van der Waals surface area (Å²) in [6.07, 6.45) is 3.97. The fraction of sp³-hybridized carbons (Fsp3) is 0.562. The first-order valence-electron chi connectivity index (χ1n) is 7.53. The maximum Gasteiger partial charge on any atom is 0.251 e. The van der Waals surface area contributed by atoms with Gasteiger partial charge in [-0.1, -0.05) is 6.07 Å². The van der Waals surface area contributed by atoms with Gasteiger partial charge in [-0.25, -0.2) is 0 Å². The van der Waals surface area contributed by atoms with Crippen molar-refractivity contribution in [2.75, 3.05) is 19.6 Å². The summed E-state index contributed by atoms with van der Waals surface area (Å²) in [4.78, 5) is 12.2. The summed E-state index contributed by atoms with van der Waals surface area (Å²) in [6.45, 7) is 2.09. The molecule has 1 aromatic carbocycles. The molecule has 0 bridgehead atoms. The number of piperidine rings is 1. The van der Waals surface area contributed by atoms with E-state index in [4.69, 9.17) is 0 Å². The summed E-state index contributed by atoms with van der Waals surface area (Å²) in [5.74, 6) is 0.139. The number of hydrogen-bond acceptors (Lipinski definition) is 3.